The monoisotopic (exact) mass is 222 g/mol. The van der Waals surface area contributed by atoms with Gasteiger partial charge in [-0.2, -0.15) is 0 Å². The third kappa shape index (κ3) is 2.59. The SMILES string of the molecule is CC1CCC(NCc2cncc(F)c2)C1C. The highest BCUT2D eigenvalue weighted by atomic mass is 19.1. The maximum atomic E-state index is 12.9. The van der Waals surface area contributed by atoms with E-state index < -0.39 is 0 Å². The summed E-state index contributed by atoms with van der Waals surface area (Å²) in [7, 11) is 0. The van der Waals surface area contributed by atoms with Gasteiger partial charge in [0.05, 0.1) is 6.20 Å². The fourth-order valence-electron chi connectivity index (χ4n) is 2.45. The molecule has 0 amide bonds. The molecule has 2 rings (SSSR count). The maximum Gasteiger partial charge on any atom is 0.141 e. The summed E-state index contributed by atoms with van der Waals surface area (Å²) in [6.45, 7) is 5.31. The summed E-state index contributed by atoms with van der Waals surface area (Å²) in [4.78, 5) is 3.85. The highest BCUT2D eigenvalue weighted by Crippen LogP contribution is 2.31. The van der Waals surface area contributed by atoms with Crippen molar-refractivity contribution >= 4 is 0 Å². The third-order valence-corrected chi connectivity index (χ3v) is 3.80. The van der Waals surface area contributed by atoms with Gasteiger partial charge in [0.2, 0.25) is 0 Å². The zero-order valence-electron chi connectivity index (χ0n) is 9.91. The van der Waals surface area contributed by atoms with Crippen LogP contribution in [0.5, 0.6) is 0 Å². The lowest BCUT2D eigenvalue weighted by atomic mass is 9.98. The van der Waals surface area contributed by atoms with Crippen LogP contribution in [0.15, 0.2) is 18.5 Å². The largest absolute Gasteiger partial charge is 0.310 e. The number of nitrogens with zero attached hydrogens (tertiary/aromatic N) is 1. The molecule has 0 aliphatic heterocycles. The molecule has 0 radical (unpaired) electrons. The summed E-state index contributed by atoms with van der Waals surface area (Å²) < 4.78 is 12.9. The van der Waals surface area contributed by atoms with Crippen molar-refractivity contribution in [3.05, 3.63) is 29.8 Å². The van der Waals surface area contributed by atoms with Crippen molar-refractivity contribution in [1.82, 2.24) is 10.3 Å². The van der Waals surface area contributed by atoms with Crippen LogP contribution in [0.25, 0.3) is 0 Å². The summed E-state index contributed by atoms with van der Waals surface area (Å²) in [6, 6.07) is 2.11. The smallest absolute Gasteiger partial charge is 0.141 e. The quantitative estimate of drug-likeness (QED) is 0.850. The summed E-state index contributed by atoms with van der Waals surface area (Å²) in [6.07, 6.45) is 5.48. The first-order valence-electron chi connectivity index (χ1n) is 5.99. The van der Waals surface area contributed by atoms with Crippen LogP contribution in [0.1, 0.15) is 32.3 Å². The van der Waals surface area contributed by atoms with Crippen molar-refractivity contribution in [2.75, 3.05) is 0 Å². The summed E-state index contributed by atoms with van der Waals surface area (Å²) >= 11 is 0. The molecule has 1 saturated carbocycles. The number of rotatable bonds is 3. The Hall–Kier alpha value is -0.960. The molecule has 0 bridgehead atoms. The zero-order valence-corrected chi connectivity index (χ0v) is 9.91. The molecule has 3 atom stereocenters. The molecule has 1 N–H and O–H groups in total. The second kappa shape index (κ2) is 4.91. The van der Waals surface area contributed by atoms with Gasteiger partial charge >= 0.3 is 0 Å². The first kappa shape index (κ1) is 11.5. The van der Waals surface area contributed by atoms with E-state index in [1.807, 2.05) is 0 Å². The van der Waals surface area contributed by atoms with Gasteiger partial charge in [0.25, 0.3) is 0 Å². The van der Waals surface area contributed by atoms with Crippen molar-refractivity contribution in [1.29, 1.82) is 0 Å². The molecule has 2 nitrogen and oxygen atoms in total. The van der Waals surface area contributed by atoms with Crippen LogP contribution in [0.4, 0.5) is 4.39 Å². The Morgan fingerprint density at radius 1 is 1.38 bits per heavy atom. The zero-order chi connectivity index (χ0) is 11.5. The number of pyridine rings is 1. The molecule has 0 aromatic carbocycles. The fraction of sp³-hybridized carbons (Fsp3) is 0.615. The van der Waals surface area contributed by atoms with Gasteiger partial charge in [0.1, 0.15) is 5.82 Å². The lowest BCUT2D eigenvalue weighted by Gasteiger charge is -2.19. The lowest BCUT2D eigenvalue weighted by Crippen LogP contribution is -2.31. The van der Waals surface area contributed by atoms with Crippen molar-refractivity contribution in [2.24, 2.45) is 11.8 Å². The van der Waals surface area contributed by atoms with Gasteiger partial charge in [-0.15, -0.1) is 0 Å². The van der Waals surface area contributed by atoms with Crippen molar-refractivity contribution < 1.29 is 4.39 Å². The first-order valence-corrected chi connectivity index (χ1v) is 5.99. The van der Waals surface area contributed by atoms with E-state index in [0.29, 0.717) is 18.5 Å². The minimum absolute atomic E-state index is 0.257. The number of hydrogen-bond donors (Lipinski definition) is 1. The van der Waals surface area contributed by atoms with Crippen LogP contribution in [0.3, 0.4) is 0 Å². The standard InChI is InChI=1S/C13H19FN2/c1-9-3-4-13(10(9)2)16-7-11-5-12(14)8-15-6-11/h5-6,8-10,13,16H,3-4,7H2,1-2H3. The second-order valence-electron chi connectivity index (χ2n) is 4.91. The summed E-state index contributed by atoms with van der Waals surface area (Å²) in [5.41, 5.74) is 0.923. The highest BCUT2D eigenvalue weighted by Gasteiger charge is 2.28. The minimum atomic E-state index is -0.257. The Morgan fingerprint density at radius 3 is 2.81 bits per heavy atom. The summed E-state index contributed by atoms with van der Waals surface area (Å²) in [5, 5.41) is 3.50. The molecule has 1 heterocycles. The Bertz CT molecular complexity index is 354. The van der Waals surface area contributed by atoms with Crippen LogP contribution >= 0.6 is 0 Å². The number of hydrogen-bond acceptors (Lipinski definition) is 2. The molecule has 0 spiro atoms. The van der Waals surface area contributed by atoms with E-state index in [2.05, 4.69) is 24.1 Å². The number of nitrogens with one attached hydrogen (secondary N) is 1. The Labute approximate surface area is 96.3 Å². The lowest BCUT2D eigenvalue weighted by molar-refractivity contribution is 0.369. The second-order valence-corrected chi connectivity index (χ2v) is 4.91. The Morgan fingerprint density at radius 2 is 2.19 bits per heavy atom. The van der Waals surface area contributed by atoms with E-state index in [9.17, 15) is 4.39 Å². The van der Waals surface area contributed by atoms with Gasteiger partial charge in [0, 0.05) is 18.8 Å². The van der Waals surface area contributed by atoms with Gasteiger partial charge in [-0.25, -0.2) is 4.39 Å². The molecule has 0 saturated heterocycles. The van der Waals surface area contributed by atoms with Gasteiger partial charge in [-0.3, -0.25) is 4.98 Å². The van der Waals surface area contributed by atoms with Gasteiger partial charge in [0.15, 0.2) is 0 Å². The molecule has 1 fully saturated rings. The van der Waals surface area contributed by atoms with E-state index in [-0.39, 0.29) is 5.82 Å². The van der Waals surface area contributed by atoms with E-state index in [1.165, 1.54) is 19.0 Å². The molecule has 1 aromatic heterocycles. The third-order valence-electron chi connectivity index (χ3n) is 3.80. The number of aromatic nitrogens is 1. The van der Waals surface area contributed by atoms with E-state index in [0.717, 1.165) is 11.5 Å². The van der Waals surface area contributed by atoms with Crippen LogP contribution < -0.4 is 5.32 Å². The Kier molecular flexibility index (Phi) is 3.54. The van der Waals surface area contributed by atoms with Gasteiger partial charge in [-0.1, -0.05) is 13.8 Å². The molecule has 1 aliphatic carbocycles. The maximum absolute atomic E-state index is 12.9. The van der Waals surface area contributed by atoms with Crippen LogP contribution in [0.2, 0.25) is 0 Å². The predicted octanol–water partition coefficient (Wildman–Crippen LogP) is 2.74. The molecule has 88 valence electrons. The van der Waals surface area contributed by atoms with Crippen molar-refractivity contribution in [2.45, 2.75) is 39.3 Å². The molecule has 3 unspecified atom stereocenters. The molecule has 16 heavy (non-hydrogen) atoms. The first-order chi connectivity index (χ1) is 7.66. The molecule has 1 aliphatic rings. The average Bonchev–Trinajstić information content (AvgIpc) is 2.57. The van der Waals surface area contributed by atoms with E-state index >= 15 is 0 Å². The molecule has 1 aromatic rings. The Balaban J connectivity index is 1.88. The van der Waals surface area contributed by atoms with Crippen LogP contribution in [-0.2, 0) is 6.54 Å². The van der Waals surface area contributed by atoms with Crippen LogP contribution in [-0.4, -0.2) is 11.0 Å². The topological polar surface area (TPSA) is 24.9 Å². The molecular weight excluding hydrogens is 203 g/mol. The summed E-state index contributed by atoms with van der Waals surface area (Å²) in [5.74, 6) is 1.25. The van der Waals surface area contributed by atoms with Crippen molar-refractivity contribution in [3.63, 3.8) is 0 Å². The van der Waals surface area contributed by atoms with Crippen molar-refractivity contribution in [3.8, 4) is 0 Å². The highest BCUT2D eigenvalue weighted by molar-refractivity contribution is 5.10. The minimum Gasteiger partial charge on any atom is -0.310 e. The normalized spacial score (nSPS) is 29.6. The molecular formula is C13H19FN2. The van der Waals surface area contributed by atoms with E-state index in [4.69, 9.17) is 0 Å². The van der Waals surface area contributed by atoms with Crippen LogP contribution in [0, 0.1) is 17.7 Å². The molecule has 3 heteroatoms. The average molecular weight is 222 g/mol. The fourth-order valence-corrected chi connectivity index (χ4v) is 2.45. The predicted molar refractivity (Wildman–Crippen MR) is 62.4 cm³/mol. The van der Waals surface area contributed by atoms with E-state index in [1.54, 1.807) is 12.3 Å². The van der Waals surface area contributed by atoms with Gasteiger partial charge < -0.3 is 5.32 Å². The van der Waals surface area contributed by atoms with Gasteiger partial charge in [-0.05, 0) is 36.3 Å². The number of halogens is 1.